The maximum Gasteiger partial charge on any atom is 0.185 e. The molecule has 1 heterocycles. The molecular formula is C15H14O3. The lowest BCUT2D eigenvalue weighted by molar-refractivity contribution is 0.104. The van der Waals surface area contributed by atoms with Crippen molar-refractivity contribution in [2.24, 2.45) is 0 Å². The molecule has 0 spiro atoms. The Morgan fingerprint density at radius 1 is 1.28 bits per heavy atom. The molecule has 1 aromatic heterocycles. The molecule has 0 saturated carbocycles. The van der Waals surface area contributed by atoms with Gasteiger partial charge in [-0.05, 0) is 55.0 Å². The SMILES string of the molecule is COc1ccc(C(=O)/C=C/c2cc(C)co2)cc1. The number of carbonyl (C=O) groups excluding carboxylic acids is 1. The molecule has 0 atom stereocenters. The minimum Gasteiger partial charge on any atom is -0.497 e. The summed E-state index contributed by atoms with van der Waals surface area (Å²) in [5, 5.41) is 0. The van der Waals surface area contributed by atoms with E-state index in [4.69, 9.17) is 9.15 Å². The smallest absolute Gasteiger partial charge is 0.185 e. The van der Waals surface area contributed by atoms with Crippen LogP contribution in [0.4, 0.5) is 0 Å². The largest absolute Gasteiger partial charge is 0.497 e. The highest BCUT2D eigenvalue weighted by Crippen LogP contribution is 2.13. The third kappa shape index (κ3) is 2.88. The molecule has 2 rings (SSSR count). The highest BCUT2D eigenvalue weighted by molar-refractivity contribution is 6.06. The number of hydrogen-bond donors (Lipinski definition) is 0. The number of ether oxygens (including phenoxy) is 1. The van der Waals surface area contributed by atoms with Crippen molar-refractivity contribution < 1.29 is 13.9 Å². The zero-order chi connectivity index (χ0) is 13.0. The lowest BCUT2D eigenvalue weighted by Crippen LogP contribution is -1.93. The minimum absolute atomic E-state index is 0.0632. The van der Waals surface area contributed by atoms with Gasteiger partial charge in [-0.1, -0.05) is 0 Å². The van der Waals surface area contributed by atoms with Crippen molar-refractivity contribution in [3.8, 4) is 5.75 Å². The van der Waals surface area contributed by atoms with Gasteiger partial charge in [0.2, 0.25) is 0 Å². The standard InChI is InChI=1S/C15H14O3/c1-11-9-14(18-10-11)7-8-15(16)12-3-5-13(17-2)6-4-12/h3-10H,1-2H3/b8-7+. The van der Waals surface area contributed by atoms with Gasteiger partial charge in [0.15, 0.2) is 5.78 Å². The van der Waals surface area contributed by atoms with Crippen LogP contribution in [0.5, 0.6) is 5.75 Å². The third-order valence-corrected chi connectivity index (χ3v) is 2.52. The number of rotatable bonds is 4. The second-order valence-electron chi connectivity index (χ2n) is 3.95. The predicted octanol–water partition coefficient (Wildman–Crippen LogP) is 3.49. The fourth-order valence-electron chi connectivity index (χ4n) is 1.55. The number of ketones is 1. The molecule has 2 aromatic rings. The molecule has 0 N–H and O–H groups in total. The molecule has 0 fully saturated rings. The van der Waals surface area contributed by atoms with E-state index >= 15 is 0 Å². The monoisotopic (exact) mass is 242 g/mol. The Hall–Kier alpha value is -2.29. The van der Waals surface area contributed by atoms with Crippen LogP contribution in [0.25, 0.3) is 6.08 Å². The molecule has 0 radical (unpaired) electrons. The quantitative estimate of drug-likeness (QED) is 0.608. The first kappa shape index (κ1) is 12.2. The van der Waals surface area contributed by atoms with Crippen molar-refractivity contribution in [1.82, 2.24) is 0 Å². The summed E-state index contributed by atoms with van der Waals surface area (Å²) >= 11 is 0. The lowest BCUT2D eigenvalue weighted by atomic mass is 10.1. The predicted molar refractivity (Wildman–Crippen MR) is 69.8 cm³/mol. The number of hydrogen-bond acceptors (Lipinski definition) is 3. The van der Waals surface area contributed by atoms with Gasteiger partial charge in [0, 0.05) is 5.56 Å². The summed E-state index contributed by atoms with van der Waals surface area (Å²) in [6.07, 6.45) is 4.82. The van der Waals surface area contributed by atoms with E-state index in [2.05, 4.69) is 0 Å². The average molecular weight is 242 g/mol. The number of allylic oxidation sites excluding steroid dienone is 1. The number of methoxy groups -OCH3 is 1. The van der Waals surface area contributed by atoms with Gasteiger partial charge in [0.25, 0.3) is 0 Å². The highest BCUT2D eigenvalue weighted by Gasteiger charge is 2.02. The fourth-order valence-corrected chi connectivity index (χ4v) is 1.55. The Morgan fingerprint density at radius 3 is 2.56 bits per heavy atom. The summed E-state index contributed by atoms with van der Waals surface area (Å²) in [5.41, 5.74) is 1.65. The zero-order valence-electron chi connectivity index (χ0n) is 10.3. The average Bonchev–Trinajstić information content (AvgIpc) is 2.82. The summed E-state index contributed by atoms with van der Waals surface area (Å²) < 4.78 is 10.3. The molecule has 0 bridgehead atoms. The minimum atomic E-state index is -0.0632. The summed E-state index contributed by atoms with van der Waals surface area (Å²) in [4.78, 5) is 11.9. The van der Waals surface area contributed by atoms with Crippen molar-refractivity contribution in [3.05, 3.63) is 59.6 Å². The summed E-state index contributed by atoms with van der Waals surface area (Å²) in [6.45, 7) is 1.94. The van der Waals surface area contributed by atoms with Gasteiger partial charge in [-0.25, -0.2) is 0 Å². The van der Waals surface area contributed by atoms with Gasteiger partial charge in [0.05, 0.1) is 13.4 Å². The fraction of sp³-hybridized carbons (Fsp3) is 0.133. The van der Waals surface area contributed by atoms with Gasteiger partial charge < -0.3 is 9.15 Å². The molecule has 18 heavy (non-hydrogen) atoms. The number of aryl methyl sites for hydroxylation is 1. The first-order valence-electron chi connectivity index (χ1n) is 5.60. The van der Waals surface area contributed by atoms with Gasteiger partial charge >= 0.3 is 0 Å². The number of furan rings is 1. The van der Waals surface area contributed by atoms with Crippen LogP contribution in [0, 0.1) is 6.92 Å². The van der Waals surface area contributed by atoms with Crippen molar-refractivity contribution in [3.63, 3.8) is 0 Å². The first-order valence-corrected chi connectivity index (χ1v) is 5.60. The van der Waals surface area contributed by atoms with E-state index in [1.807, 2.05) is 13.0 Å². The normalized spacial score (nSPS) is 10.8. The number of benzene rings is 1. The molecule has 1 aromatic carbocycles. The van der Waals surface area contributed by atoms with Crippen molar-refractivity contribution in [2.45, 2.75) is 6.92 Å². The lowest BCUT2D eigenvalue weighted by Gasteiger charge is -1.99. The van der Waals surface area contributed by atoms with Crippen LogP contribution in [-0.4, -0.2) is 12.9 Å². The Morgan fingerprint density at radius 2 is 2.00 bits per heavy atom. The number of carbonyl (C=O) groups is 1. The molecule has 3 nitrogen and oxygen atoms in total. The highest BCUT2D eigenvalue weighted by atomic mass is 16.5. The molecule has 92 valence electrons. The van der Waals surface area contributed by atoms with Crippen LogP contribution in [0.3, 0.4) is 0 Å². The molecule has 0 saturated heterocycles. The topological polar surface area (TPSA) is 39.4 Å². The molecule has 0 amide bonds. The van der Waals surface area contributed by atoms with Crippen molar-refractivity contribution in [1.29, 1.82) is 0 Å². The molecular weight excluding hydrogens is 228 g/mol. The second-order valence-corrected chi connectivity index (χ2v) is 3.95. The summed E-state index contributed by atoms with van der Waals surface area (Å²) in [6, 6.07) is 8.87. The van der Waals surface area contributed by atoms with Crippen LogP contribution in [-0.2, 0) is 0 Å². The first-order chi connectivity index (χ1) is 8.69. The van der Waals surface area contributed by atoms with Crippen molar-refractivity contribution in [2.75, 3.05) is 7.11 Å². The third-order valence-electron chi connectivity index (χ3n) is 2.52. The summed E-state index contributed by atoms with van der Waals surface area (Å²) in [7, 11) is 1.59. The van der Waals surface area contributed by atoms with E-state index in [0.717, 1.165) is 11.3 Å². The van der Waals surface area contributed by atoms with Gasteiger partial charge in [-0.15, -0.1) is 0 Å². The van der Waals surface area contributed by atoms with Gasteiger partial charge in [0.1, 0.15) is 11.5 Å². The maximum atomic E-state index is 11.9. The zero-order valence-corrected chi connectivity index (χ0v) is 10.3. The Bertz CT molecular complexity index is 562. The van der Waals surface area contributed by atoms with Crippen LogP contribution in [0.2, 0.25) is 0 Å². The molecule has 0 aliphatic carbocycles. The van der Waals surface area contributed by atoms with Gasteiger partial charge in [-0.3, -0.25) is 4.79 Å². The van der Waals surface area contributed by atoms with Crippen LogP contribution in [0.1, 0.15) is 21.7 Å². The van der Waals surface area contributed by atoms with E-state index in [-0.39, 0.29) is 5.78 Å². The van der Waals surface area contributed by atoms with E-state index in [1.165, 1.54) is 6.08 Å². The van der Waals surface area contributed by atoms with Crippen LogP contribution in [0.15, 0.2) is 47.1 Å². The van der Waals surface area contributed by atoms with E-state index in [0.29, 0.717) is 11.3 Å². The van der Waals surface area contributed by atoms with Gasteiger partial charge in [-0.2, -0.15) is 0 Å². The Balaban J connectivity index is 2.09. The maximum absolute atomic E-state index is 11.9. The molecule has 3 heteroatoms. The molecule has 0 aliphatic heterocycles. The second kappa shape index (κ2) is 5.36. The molecule has 0 aliphatic rings. The Kier molecular flexibility index (Phi) is 3.63. The van der Waals surface area contributed by atoms with Crippen LogP contribution < -0.4 is 4.74 Å². The van der Waals surface area contributed by atoms with E-state index < -0.39 is 0 Å². The summed E-state index contributed by atoms with van der Waals surface area (Å²) in [5.74, 6) is 1.35. The van der Waals surface area contributed by atoms with E-state index in [9.17, 15) is 4.79 Å². The molecule has 0 unspecified atom stereocenters. The van der Waals surface area contributed by atoms with Crippen molar-refractivity contribution >= 4 is 11.9 Å². The van der Waals surface area contributed by atoms with E-state index in [1.54, 1.807) is 43.7 Å². The Labute approximate surface area is 106 Å². The van der Waals surface area contributed by atoms with Crippen LogP contribution >= 0.6 is 0 Å².